The van der Waals surface area contributed by atoms with Crippen molar-refractivity contribution >= 4 is 22.6 Å². The maximum absolute atomic E-state index is 5.62. The lowest BCUT2D eigenvalue weighted by Gasteiger charge is -2.04. The van der Waals surface area contributed by atoms with Gasteiger partial charge in [0.05, 0.1) is 0 Å². The Hall–Kier alpha value is -1.10. The molecule has 0 atom stereocenters. The average Bonchev–Trinajstić information content (AvgIpc) is 2.17. The summed E-state index contributed by atoms with van der Waals surface area (Å²) in [6.45, 7) is 2.02. The third-order valence-corrected chi connectivity index (χ3v) is 2.58. The first-order chi connectivity index (χ1) is 7.24. The summed E-state index contributed by atoms with van der Waals surface area (Å²) in [6, 6.07) is 11.8. The maximum Gasteiger partial charge on any atom is 0.219 e. The van der Waals surface area contributed by atoms with Crippen LogP contribution in [-0.2, 0) is 0 Å². The number of hydrogen-bond donors (Lipinski definition) is 0. The van der Waals surface area contributed by atoms with Gasteiger partial charge in [0.15, 0.2) is 0 Å². The molecule has 0 radical (unpaired) electrons. The number of ether oxygens (including phenoxy) is 1. The number of aromatic nitrogens is 1. The van der Waals surface area contributed by atoms with Crippen LogP contribution in [0.15, 0.2) is 42.6 Å². The van der Waals surface area contributed by atoms with Gasteiger partial charge in [-0.1, -0.05) is 6.07 Å². The molecule has 1 heterocycles. The largest absolute Gasteiger partial charge is 0.439 e. The number of aryl methyl sites for hydroxylation is 1. The third kappa shape index (κ3) is 2.92. The van der Waals surface area contributed by atoms with Gasteiger partial charge in [0.2, 0.25) is 5.88 Å². The molecule has 3 heteroatoms. The summed E-state index contributed by atoms with van der Waals surface area (Å²) in [7, 11) is 0. The van der Waals surface area contributed by atoms with Crippen LogP contribution >= 0.6 is 22.6 Å². The predicted molar refractivity (Wildman–Crippen MR) is 68.2 cm³/mol. The number of nitrogens with zero attached hydrogens (tertiary/aromatic N) is 1. The summed E-state index contributed by atoms with van der Waals surface area (Å²) in [5, 5.41) is 0. The van der Waals surface area contributed by atoms with Gasteiger partial charge in [0.25, 0.3) is 0 Å². The molecule has 0 spiro atoms. The number of pyridine rings is 1. The highest BCUT2D eigenvalue weighted by Gasteiger charge is 1.98. The third-order valence-electron chi connectivity index (χ3n) is 1.91. The Balaban J connectivity index is 2.22. The topological polar surface area (TPSA) is 22.1 Å². The fraction of sp³-hybridized carbons (Fsp3) is 0.0833. The number of benzene rings is 1. The highest BCUT2D eigenvalue weighted by molar-refractivity contribution is 14.1. The first kappa shape index (κ1) is 10.4. The number of halogens is 1. The quantitative estimate of drug-likeness (QED) is 0.787. The fourth-order valence-corrected chi connectivity index (χ4v) is 1.73. The van der Waals surface area contributed by atoms with Crippen molar-refractivity contribution in [3.05, 3.63) is 51.7 Å². The highest BCUT2D eigenvalue weighted by atomic mass is 127. The molecule has 0 fully saturated rings. The molecule has 1 aromatic carbocycles. The Morgan fingerprint density at radius 3 is 2.80 bits per heavy atom. The zero-order valence-electron chi connectivity index (χ0n) is 8.27. The van der Waals surface area contributed by atoms with Crippen molar-refractivity contribution in [3.63, 3.8) is 0 Å². The normalized spacial score (nSPS) is 10.0. The van der Waals surface area contributed by atoms with E-state index in [1.54, 1.807) is 6.20 Å². The fourth-order valence-electron chi connectivity index (χ4n) is 1.22. The minimum atomic E-state index is 0.636. The first-order valence-corrected chi connectivity index (χ1v) is 5.68. The molecule has 2 rings (SSSR count). The number of rotatable bonds is 2. The summed E-state index contributed by atoms with van der Waals surface area (Å²) in [5.74, 6) is 1.46. The predicted octanol–water partition coefficient (Wildman–Crippen LogP) is 3.79. The highest BCUT2D eigenvalue weighted by Crippen LogP contribution is 2.21. The van der Waals surface area contributed by atoms with E-state index in [-0.39, 0.29) is 0 Å². The van der Waals surface area contributed by atoms with Gasteiger partial charge < -0.3 is 4.74 Å². The molecule has 0 unspecified atom stereocenters. The summed E-state index contributed by atoms with van der Waals surface area (Å²) in [4.78, 5) is 4.14. The van der Waals surface area contributed by atoms with Crippen molar-refractivity contribution < 1.29 is 4.74 Å². The maximum atomic E-state index is 5.62. The van der Waals surface area contributed by atoms with Gasteiger partial charge in [-0.15, -0.1) is 0 Å². The smallest absolute Gasteiger partial charge is 0.219 e. The van der Waals surface area contributed by atoms with Gasteiger partial charge >= 0.3 is 0 Å². The zero-order valence-corrected chi connectivity index (χ0v) is 10.4. The zero-order chi connectivity index (χ0) is 10.7. The van der Waals surface area contributed by atoms with Crippen molar-refractivity contribution in [1.29, 1.82) is 0 Å². The van der Waals surface area contributed by atoms with Crippen molar-refractivity contribution in [3.8, 4) is 11.6 Å². The Morgan fingerprint density at radius 2 is 2.07 bits per heavy atom. The lowest BCUT2D eigenvalue weighted by Crippen LogP contribution is -1.88. The molecule has 2 aromatic rings. The monoisotopic (exact) mass is 311 g/mol. The van der Waals surface area contributed by atoms with Gasteiger partial charge in [0.1, 0.15) is 5.75 Å². The molecule has 1 aromatic heterocycles. The van der Waals surface area contributed by atoms with Crippen molar-refractivity contribution in [2.75, 3.05) is 0 Å². The minimum Gasteiger partial charge on any atom is -0.439 e. The van der Waals surface area contributed by atoms with E-state index < -0.39 is 0 Å². The van der Waals surface area contributed by atoms with Crippen LogP contribution in [0.3, 0.4) is 0 Å². The van der Waals surface area contributed by atoms with Crippen molar-refractivity contribution in [1.82, 2.24) is 4.98 Å². The van der Waals surface area contributed by atoms with Gasteiger partial charge in [-0.05, 0) is 59.3 Å². The van der Waals surface area contributed by atoms with Crippen LogP contribution < -0.4 is 4.74 Å². The standard InChI is InChI=1S/C12H10INO/c1-9-5-6-14-12(7-9)15-11-4-2-3-10(13)8-11/h2-8H,1H3. The van der Waals surface area contributed by atoms with E-state index in [0.29, 0.717) is 5.88 Å². The summed E-state index contributed by atoms with van der Waals surface area (Å²) >= 11 is 2.25. The molecule has 0 amide bonds. The van der Waals surface area contributed by atoms with E-state index in [1.807, 2.05) is 43.3 Å². The van der Waals surface area contributed by atoms with Crippen molar-refractivity contribution in [2.45, 2.75) is 6.92 Å². The van der Waals surface area contributed by atoms with E-state index in [2.05, 4.69) is 27.6 Å². The second-order valence-corrected chi connectivity index (χ2v) is 4.48. The average molecular weight is 311 g/mol. The lowest BCUT2D eigenvalue weighted by atomic mass is 10.3. The second-order valence-electron chi connectivity index (χ2n) is 3.23. The molecule has 0 saturated carbocycles. The Kier molecular flexibility index (Phi) is 3.20. The van der Waals surface area contributed by atoms with E-state index in [4.69, 9.17) is 4.74 Å². The van der Waals surface area contributed by atoms with Crippen LogP contribution in [0, 0.1) is 10.5 Å². The van der Waals surface area contributed by atoms with Crippen LogP contribution in [0.5, 0.6) is 11.6 Å². The van der Waals surface area contributed by atoms with E-state index in [9.17, 15) is 0 Å². The van der Waals surface area contributed by atoms with Gasteiger partial charge in [-0.2, -0.15) is 0 Å². The molecule has 0 saturated heterocycles. The van der Waals surface area contributed by atoms with Crippen LogP contribution in [0.25, 0.3) is 0 Å². The Morgan fingerprint density at radius 1 is 1.20 bits per heavy atom. The molecular weight excluding hydrogens is 301 g/mol. The van der Waals surface area contributed by atoms with E-state index >= 15 is 0 Å². The molecule has 0 bridgehead atoms. The Labute approximate surface area is 102 Å². The molecule has 15 heavy (non-hydrogen) atoms. The van der Waals surface area contributed by atoms with Crippen LogP contribution in [0.4, 0.5) is 0 Å². The molecule has 2 nitrogen and oxygen atoms in total. The van der Waals surface area contributed by atoms with E-state index in [1.165, 1.54) is 0 Å². The minimum absolute atomic E-state index is 0.636. The van der Waals surface area contributed by atoms with E-state index in [0.717, 1.165) is 14.9 Å². The van der Waals surface area contributed by atoms with Crippen LogP contribution in [0.1, 0.15) is 5.56 Å². The summed E-state index contributed by atoms with van der Waals surface area (Å²) < 4.78 is 6.77. The van der Waals surface area contributed by atoms with Gasteiger partial charge in [-0.3, -0.25) is 0 Å². The van der Waals surface area contributed by atoms with Gasteiger partial charge in [0, 0.05) is 15.8 Å². The van der Waals surface area contributed by atoms with Crippen LogP contribution in [-0.4, -0.2) is 4.98 Å². The lowest BCUT2D eigenvalue weighted by molar-refractivity contribution is 0.462. The first-order valence-electron chi connectivity index (χ1n) is 4.60. The summed E-state index contributed by atoms with van der Waals surface area (Å²) in [5.41, 5.74) is 1.14. The van der Waals surface area contributed by atoms with Crippen LogP contribution in [0.2, 0.25) is 0 Å². The SMILES string of the molecule is Cc1ccnc(Oc2cccc(I)c2)c1. The molecule has 0 aliphatic heterocycles. The summed E-state index contributed by atoms with van der Waals surface area (Å²) in [6.07, 6.45) is 1.75. The Bertz CT molecular complexity index is 427. The number of hydrogen-bond acceptors (Lipinski definition) is 2. The van der Waals surface area contributed by atoms with Crippen molar-refractivity contribution in [2.24, 2.45) is 0 Å². The molecule has 76 valence electrons. The second kappa shape index (κ2) is 4.61. The molecule has 0 N–H and O–H groups in total. The molecule has 0 aliphatic rings. The molecular formula is C12H10INO. The van der Waals surface area contributed by atoms with Gasteiger partial charge in [-0.25, -0.2) is 4.98 Å². The molecule has 0 aliphatic carbocycles.